The normalized spacial score (nSPS) is 12.2. The van der Waals surface area contributed by atoms with Crippen LogP contribution in [-0.2, 0) is 6.18 Å². The quantitative estimate of drug-likeness (QED) is 0.746. The predicted molar refractivity (Wildman–Crippen MR) is 60.8 cm³/mol. The Labute approximate surface area is 107 Å². The third-order valence-electron chi connectivity index (χ3n) is 2.34. The molecular weight excluding hydrogens is 281 g/mol. The summed E-state index contributed by atoms with van der Waals surface area (Å²) in [5.74, 6) is -1.15. The fraction of sp³-hybridized carbons (Fsp3) is 0.100. The molecule has 2 heterocycles. The van der Waals surface area contributed by atoms with Crippen LogP contribution in [0.4, 0.5) is 13.2 Å². The van der Waals surface area contributed by atoms with Gasteiger partial charge in [-0.25, -0.2) is 0 Å². The lowest BCUT2D eigenvalue weighted by Crippen LogP contribution is -2.11. The molecule has 2 aromatic heterocycles. The molecule has 1 aromatic carbocycles. The Morgan fingerprint density at radius 3 is 2.68 bits per heavy atom. The maximum atomic E-state index is 12.6. The van der Waals surface area contributed by atoms with Crippen LogP contribution in [0.5, 0.6) is 5.75 Å². The summed E-state index contributed by atoms with van der Waals surface area (Å²) in [6.45, 7) is 0. The summed E-state index contributed by atoms with van der Waals surface area (Å²) >= 11 is 0.963. The van der Waals surface area contributed by atoms with Gasteiger partial charge >= 0.3 is 6.18 Å². The third-order valence-corrected chi connectivity index (χ3v) is 3.29. The van der Waals surface area contributed by atoms with Gasteiger partial charge in [0.15, 0.2) is 0 Å². The van der Waals surface area contributed by atoms with E-state index in [1.807, 2.05) is 0 Å². The van der Waals surface area contributed by atoms with Gasteiger partial charge in [-0.3, -0.25) is 0 Å². The number of alkyl halides is 3. The Morgan fingerprint density at radius 1 is 1.21 bits per heavy atom. The zero-order valence-corrected chi connectivity index (χ0v) is 9.90. The molecular formula is C10H5F3N4OS. The van der Waals surface area contributed by atoms with Crippen LogP contribution in [0, 0.1) is 0 Å². The molecule has 1 N–H and O–H groups in total. The number of hydrogen-bond acceptors (Lipinski definition) is 5. The number of halogens is 3. The van der Waals surface area contributed by atoms with Crippen molar-refractivity contribution in [3.05, 3.63) is 30.1 Å². The van der Waals surface area contributed by atoms with E-state index >= 15 is 0 Å². The first-order valence-electron chi connectivity index (χ1n) is 5.04. The molecule has 0 saturated carbocycles. The monoisotopic (exact) mass is 286 g/mol. The van der Waals surface area contributed by atoms with Gasteiger partial charge < -0.3 is 5.11 Å². The molecule has 0 aliphatic rings. The Morgan fingerprint density at radius 2 is 2.00 bits per heavy atom. The molecule has 0 bridgehead atoms. The lowest BCUT2D eigenvalue weighted by Gasteiger charge is -2.00. The van der Waals surface area contributed by atoms with Gasteiger partial charge in [-0.05, 0) is 12.1 Å². The molecule has 3 aromatic rings. The van der Waals surface area contributed by atoms with Gasteiger partial charge in [0, 0.05) is 5.56 Å². The van der Waals surface area contributed by atoms with Crippen LogP contribution in [-0.4, -0.2) is 24.9 Å². The number of nitrogens with zero attached hydrogens (tertiary/aromatic N) is 4. The van der Waals surface area contributed by atoms with E-state index in [9.17, 15) is 18.3 Å². The summed E-state index contributed by atoms with van der Waals surface area (Å²) in [6.07, 6.45) is -4.61. The van der Waals surface area contributed by atoms with Crippen LogP contribution in [0.3, 0.4) is 0 Å². The first-order valence-corrected chi connectivity index (χ1v) is 5.85. The Kier molecular flexibility index (Phi) is 2.45. The number of benzene rings is 1. The SMILES string of the molecule is Oc1cccc(-c2nn3c(C(F)(F)F)nnc3s2)c1. The van der Waals surface area contributed by atoms with Crippen molar-refractivity contribution in [1.82, 2.24) is 19.8 Å². The molecule has 0 aliphatic heterocycles. The highest BCUT2D eigenvalue weighted by Crippen LogP contribution is 2.32. The van der Waals surface area contributed by atoms with Crippen molar-refractivity contribution in [3.63, 3.8) is 0 Å². The number of phenolic OH excluding ortho intramolecular Hbond substituents is 1. The second kappa shape index (κ2) is 3.92. The van der Waals surface area contributed by atoms with Crippen molar-refractivity contribution in [2.24, 2.45) is 0 Å². The average Bonchev–Trinajstić information content (AvgIpc) is 2.85. The van der Waals surface area contributed by atoms with Crippen molar-refractivity contribution < 1.29 is 18.3 Å². The second-order valence-electron chi connectivity index (χ2n) is 3.67. The van der Waals surface area contributed by atoms with E-state index in [2.05, 4.69) is 15.3 Å². The molecule has 19 heavy (non-hydrogen) atoms. The molecule has 0 aliphatic carbocycles. The van der Waals surface area contributed by atoms with Crippen LogP contribution in [0.2, 0.25) is 0 Å². The highest BCUT2D eigenvalue weighted by molar-refractivity contribution is 7.19. The summed E-state index contributed by atoms with van der Waals surface area (Å²) in [5, 5.41) is 20.0. The van der Waals surface area contributed by atoms with Gasteiger partial charge in [0.1, 0.15) is 10.8 Å². The highest BCUT2D eigenvalue weighted by atomic mass is 32.1. The van der Waals surface area contributed by atoms with Crippen LogP contribution in [0.15, 0.2) is 24.3 Å². The fourth-order valence-corrected chi connectivity index (χ4v) is 2.38. The molecule has 0 fully saturated rings. The molecule has 0 spiro atoms. The molecule has 0 atom stereocenters. The van der Waals surface area contributed by atoms with Crippen molar-refractivity contribution in [1.29, 1.82) is 0 Å². The van der Waals surface area contributed by atoms with Gasteiger partial charge in [-0.2, -0.15) is 22.8 Å². The smallest absolute Gasteiger partial charge is 0.453 e. The van der Waals surface area contributed by atoms with E-state index in [4.69, 9.17) is 0 Å². The summed E-state index contributed by atoms with van der Waals surface area (Å²) in [7, 11) is 0. The molecule has 0 radical (unpaired) electrons. The minimum absolute atomic E-state index is 0.0134. The number of aromatic hydroxyl groups is 1. The summed E-state index contributed by atoms with van der Waals surface area (Å²) in [5.41, 5.74) is 0.517. The zero-order valence-electron chi connectivity index (χ0n) is 9.09. The molecule has 3 rings (SSSR count). The lowest BCUT2D eigenvalue weighted by atomic mass is 10.2. The number of hydrogen-bond donors (Lipinski definition) is 1. The van der Waals surface area contributed by atoms with Crippen LogP contribution >= 0.6 is 11.3 Å². The Balaban J connectivity index is 2.15. The number of aromatic nitrogens is 4. The van der Waals surface area contributed by atoms with Gasteiger partial charge in [0.25, 0.3) is 5.82 Å². The maximum absolute atomic E-state index is 12.6. The Bertz CT molecular complexity index is 749. The second-order valence-corrected chi connectivity index (χ2v) is 4.63. The van der Waals surface area contributed by atoms with Gasteiger partial charge in [0.2, 0.25) is 4.96 Å². The van der Waals surface area contributed by atoms with Crippen molar-refractivity contribution in [3.8, 4) is 16.3 Å². The fourth-order valence-electron chi connectivity index (χ4n) is 1.55. The standard InChI is InChI=1S/C10H5F3N4OS/c11-10(12,13)8-14-15-9-17(8)16-7(19-9)5-2-1-3-6(18)4-5/h1-4,18H. The number of rotatable bonds is 1. The van der Waals surface area contributed by atoms with Gasteiger partial charge in [-0.15, -0.1) is 10.2 Å². The number of phenols is 1. The maximum Gasteiger partial charge on any atom is 0.453 e. The molecule has 5 nitrogen and oxygen atoms in total. The van der Waals surface area contributed by atoms with Crippen LogP contribution in [0.1, 0.15) is 5.82 Å². The van der Waals surface area contributed by atoms with Crippen LogP contribution in [0.25, 0.3) is 15.5 Å². The molecule has 0 saturated heterocycles. The van der Waals surface area contributed by atoms with Gasteiger partial charge in [-0.1, -0.05) is 23.5 Å². The summed E-state index contributed by atoms with van der Waals surface area (Å²) in [6, 6.07) is 6.10. The topological polar surface area (TPSA) is 63.3 Å². The minimum Gasteiger partial charge on any atom is -0.508 e. The third kappa shape index (κ3) is 2.01. The average molecular weight is 286 g/mol. The molecule has 0 unspecified atom stereocenters. The van der Waals surface area contributed by atoms with Crippen LogP contribution < -0.4 is 0 Å². The molecule has 0 amide bonds. The highest BCUT2D eigenvalue weighted by Gasteiger charge is 2.38. The van der Waals surface area contributed by atoms with E-state index in [1.54, 1.807) is 12.1 Å². The first kappa shape index (κ1) is 11.9. The van der Waals surface area contributed by atoms with E-state index in [0.717, 1.165) is 11.3 Å². The van der Waals surface area contributed by atoms with E-state index in [1.165, 1.54) is 12.1 Å². The van der Waals surface area contributed by atoms with E-state index in [-0.39, 0.29) is 10.7 Å². The Hall–Kier alpha value is -2.16. The number of fused-ring (bicyclic) bond motifs is 1. The van der Waals surface area contributed by atoms with Crippen molar-refractivity contribution >= 4 is 16.3 Å². The van der Waals surface area contributed by atoms with E-state index in [0.29, 0.717) is 15.1 Å². The van der Waals surface area contributed by atoms with Crippen molar-refractivity contribution in [2.75, 3.05) is 0 Å². The molecule has 98 valence electrons. The molecule has 9 heteroatoms. The predicted octanol–water partition coefficient (Wildman–Crippen LogP) is 2.58. The van der Waals surface area contributed by atoms with E-state index < -0.39 is 12.0 Å². The first-order chi connectivity index (χ1) is 8.95. The van der Waals surface area contributed by atoms with Crippen molar-refractivity contribution in [2.45, 2.75) is 6.18 Å². The summed E-state index contributed by atoms with van der Waals surface area (Å²) < 4.78 is 38.5. The summed E-state index contributed by atoms with van der Waals surface area (Å²) in [4.78, 5) is 0.0469. The zero-order chi connectivity index (χ0) is 13.6. The minimum atomic E-state index is -4.61. The largest absolute Gasteiger partial charge is 0.508 e. The lowest BCUT2D eigenvalue weighted by molar-refractivity contribution is -0.146. The van der Waals surface area contributed by atoms with Gasteiger partial charge in [0.05, 0.1) is 0 Å².